The number of esters is 1. The molecule has 26 heavy (non-hydrogen) atoms. The van der Waals surface area contributed by atoms with Crippen LogP contribution in [0.15, 0.2) is 24.3 Å². The Bertz CT molecular complexity index is 687. The SMILES string of the molecule is C[C@@H](OC(=O)C1CCN(C(=O)C(C)(C)C)CC1)c1cccc([N+](=O)[O-])c1. The molecule has 1 aromatic carbocycles. The van der Waals surface area contributed by atoms with Crippen LogP contribution in [0.5, 0.6) is 0 Å². The Labute approximate surface area is 153 Å². The van der Waals surface area contributed by atoms with Crippen LogP contribution in [0.2, 0.25) is 0 Å². The lowest BCUT2D eigenvalue weighted by Gasteiger charge is -2.35. The van der Waals surface area contributed by atoms with Crippen molar-refractivity contribution in [1.29, 1.82) is 0 Å². The number of piperidine rings is 1. The summed E-state index contributed by atoms with van der Waals surface area (Å²) in [6.07, 6.45) is 0.585. The standard InChI is InChI=1S/C19H26N2O5/c1-13(15-6-5-7-16(12-15)21(24)25)26-17(22)14-8-10-20(11-9-14)18(23)19(2,3)4/h5-7,12-14H,8-11H2,1-4H3/t13-/m1/s1. The van der Waals surface area contributed by atoms with E-state index in [0.717, 1.165) is 0 Å². The van der Waals surface area contributed by atoms with Gasteiger partial charge in [0.25, 0.3) is 5.69 Å². The molecule has 1 fully saturated rings. The van der Waals surface area contributed by atoms with Gasteiger partial charge in [0, 0.05) is 30.6 Å². The average molecular weight is 362 g/mol. The Morgan fingerprint density at radius 2 is 1.88 bits per heavy atom. The van der Waals surface area contributed by atoms with Crippen molar-refractivity contribution in [2.45, 2.75) is 46.6 Å². The van der Waals surface area contributed by atoms with Crippen molar-refractivity contribution >= 4 is 17.6 Å². The van der Waals surface area contributed by atoms with Gasteiger partial charge in [-0.15, -0.1) is 0 Å². The normalized spacial score (nSPS) is 16.8. The van der Waals surface area contributed by atoms with Gasteiger partial charge in [0.2, 0.25) is 5.91 Å². The topological polar surface area (TPSA) is 89.8 Å². The highest BCUT2D eigenvalue weighted by Gasteiger charge is 2.33. The molecule has 1 heterocycles. The van der Waals surface area contributed by atoms with Crippen LogP contribution >= 0.6 is 0 Å². The number of benzene rings is 1. The number of nitro benzene ring substituents is 1. The fraction of sp³-hybridized carbons (Fsp3) is 0.579. The van der Waals surface area contributed by atoms with Gasteiger partial charge in [0.15, 0.2) is 0 Å². The van der Waals surface area contributed by atoms with E-state index in [1.54, 1.807) is 24.0 Å². The Morgan fingerprint density at radius 1 is 1.27 bits per heavy atom. The molecule has 1 atom stereocenters. The van der Waals surface area contributed by atoms with Crippen LogP contribution in [0, 0.1) is 21.4 Å². The van der Waals surface area contributed by atoms with Crippen LogP contribution in [0.1, 0.15) is 52.2 Å². The fourth-order valence-electron chi connectivity index (χ4n) is 3.02. The van der Waals surface area contributed by atoms with E-state index in [4.69, 9.17) is 4.74 Å². The Kier molecular flexibility index (Phi) is 6.00. The first-order valence-electron chi connectivity index (χ1n) is 8.84. The Morgan fingerprint density at radius 3 is 2.42 bits per heavy atom. The quantitative estimate of drug-likeness (QED) is 0.465. The van der Waals surface area contributed by atoms with Gasteiger partial charge in [-0.2, -0.15) is 0 Å². The number of amides is 1. The Hall–Kier alpha value is -2.44. The average Bonchev–Trinajstić information content (AvgIpc) is 2.60. The molecule has 1 amide bonds. The predicted molar refractivity (Wildman–Crippen MR) is 96.4 cm³/mol. The van der Waals surface area contributed by atoms with Gasteiger partial charge in [-0.1, -0.05) is 32.9 Å². The zero-order valence-corrected chi connectivity index (χ0v) is 15.7. The molecule has 0 aromatic heterocycles. The number of carbonyl (C=O) groups excluding carboxylic acids is 2. The number of rotatable bonds is 4. The van der Waals surface area contributed by atoms with E-state index in [1.165, 1.54) is 12.1 Å². The van der Waals surface area contributed by atoms with Gasteiger partial charge in [0.05, 0.1) is 10.8 Å². The number of nitro groups is 1. The lowest BCUT2D eigenvalue weighted by molar-refractivity contribution is -0.385. The zero-order valence-electron chi connectivity index (χ0n) is 15.7. The molecule has 142 valence electrons. The molecule has 1 saturated heterocycles. The molecule has 1 aliphatic heterocycles. The summed E-state index contributed by atoms with van der Waals surface area (Å²) in [5.74, 6) is -0.471. The lowest BCUT2D eigenvalue weighted by atomic mass is 9.91. The van der Waals surface area contributed by atoms with Gasteiger partial charge in [-0.3, -0.25) is 19.7 Å². The van der Waals surface area contributed by atoms with Gasteiger partial charge >= 0.3 is 5.97 Å². The largest absolute Gasteiger partial charge is 0.458 e. The first kappa shape index (κ1) is 19.9. The minimum Gasteiger partial charge on any atom is -0.458 e. The van der Waals surface area contributed by atoms with Gasteiger partial charge in [-0.05, 0) is 25.3 Å². The highest BCUT2D eigenvalue weighted by Crippen LogP contribution is 2.27. The van der Waals surface area contributed by atoms with Gasteiger partial charge < -0.3 is 9.64 Å². The molecule has 0 spiro atoms. The van der Waals surface area contributed by atoms with E-state index in [0.29, 0.717) is 31.5 Å². The number of nitrogens with zero attached hydrogens (tertiary/aromatic N) is 2. The van der Waals surface area contributed by atoms with E-state index in [2.05, 4.69) is 0 Å². The third kappa shape index (κ3) is 4.80. The van der Waals surface area contributed by atoms with Gasteiger partial charge in [-0.25, -0.2) is 0 Å². The summed E-state index contributed by atoms with van der Waals surface area (Å²) in [5.41, 5.74) is 0.136. The second-order valence-corrected chi connectivity index (χ2v) is 7.75. The predicted octanol–water partition coefficient (Wildman–Crippen LogP) is 3.48. The Balaban J connectivity index is 1.92. The van der Waals surface area contributed by atoms with E-state index in [9.17, 15) is 19.7 Å². The van der Waals surface area contributed by atoms with Crippen LogP contribution in [0.4, 0.5) is 5.69 Å². The molecule has 0 bridgehead atoms. The number of hydrogen-bond acceptors (Lipinski definition) is 5. The van der Waals surface area contributed by atoms with E-state index in [1.807, 2.05) is 20.8 Å². The third-order valence-corrected chi connectivity index (χ3v) is 4.60. The minimum atomic E-state index is -0.559. The molecule has 0 radical (unpaired) electrons. The maximum Gasteiger partial charge on any atom is 0.309 e. The minimum absolute atomic E-state index is 0.0283. The van der Waals surface area contributed by atoms with E-state index >= 15 is 0 Å². The molecule has 7 heteroatoms. The van der Waals surface area contributed by atoms with E-state index in [-0.39, 0.29) is 23.5 Å². The summed E-state index contributed by atoms with van der Waals surface area (Å²) in [6.45, 7) is 8.45. The van der Waals surface area contributed by atoms with Crippen LogP contribution < -0.4 is 0 Å². The maximum atomic E-state index is 12.4. The molecule has 0 saturated carbocycles. The summed E-state index contributed by atoms with van der Waals surface area (Å²) < 4.78 is 5.51. The van der Waals surface area contributed by atoms with Crippen molar-refractivity contribution in [1.82, 2.24) is 4.90 Å². The molecular formula is C19H26N2O5. The lowest BCUT2D eigenvalue weighted by Crippen LogP contribution is -2.45. The highest BCUT2D eigenvalue weighted by atomic mass is 16.6. The first-order valence-corrected chi connectivity index (χ1v) is 8.84. The number of hydrogen-bond donors (Lipinski definition) is 0. The molecule has 0 N–H and O–H groups in total. The van der Waals surface area contributed by atoms with Crippen molar-refractivity contribution in [3.8, 4) is 0 Å². The van der Waals surface area contributed by atoms with Crippen molar-refractivity contribution in [2.24, 2.45) is 11.3 Å². The smallest absolute Gasteiger partial charge is 0.309 e. The zero-order chi connectivity index (χ0) is 19.5. The molecule has 0 unspecified atom stereocenters. The molecule has 0 aliphatic carbocycles. The van der Waals surface area contributed by atoms with Crippen molar-refractivity contribution in [3.63, 3.8) is 0 Å². The third-order valence-electron chi connectivity index (χ3n) is 4.60. The van der Waals surface area contributed by atoms with Crippen LogP contribution in [0.3, 0.4) is 0 Å². The van der Waals surface area contributed by atoms with Crippen molar-refractivity contribution in [3.05, 3.63) is 39.9 Å². The number of likely N-dealkylation sites (tertiary alicyclic amines) is 1. The molecule has 2 rings (SSSR count). The van der Waals surface area contributed by atoms with Crippen molar-refractivity contribution in [2.75, 3.05) is 13.1 Å². The monoisotopic (exact) mass is 362 g/mol. The summed E-state index contributed by atoms with van der Waals surface area (Å²) in [7, 11) is 0. The first-order chi connectivity index (χ1) is 12.1. The summed E-state index contributed by atoms with van der Waals surface area (Å²) in [4.78, 5) is 36.9. The molecule has 1 aliphatic rings. The van der Waals surface area contributed by atoms with Crippen LogP contribution in [-0.2, 0) is 14.3 Å². The van der Waals surface area contributed by atoms with Crippen molar-refractivity contribution < 1.29 is 19.2 Å². The number of ether oxygens (including phenoxy) is 1. The molecule has 7 nitrogen and oxygen atoms in total. The van der Waals surface area contributed by atoms with Crippen LogP contribution in [0.25, 0.3) is 0 Å². The molecule has 1 aromatic rings. The highest BCUT2D eigenvalue weighted by molar-refractivity contribution is 5.82. The second kappa shape index (κ2) is 7.85. The molecular weight excluding hydrogens is 336 g/mol. The van der Waals surface area contributed by atoms with Crippen LogP contribution in [-0.4, -0.2) is 34.8 Å². The summed E-state index contributed by atoms with van der Waals surface area (Å²) >= 11 is 0. The fourth-order valence-corrected chi connectivity index (χ4v) is 3.02. The maximum absolute atomic E-state index is 12.4. The second-order valence-electron chi connectivity index (χ2n) is 7.75. The summed E-state index contributed by atoms with van der Waals surface area (Å²) in [5, 5.41) is 10.9. The summed E-state index contributed by atoms with van der Waals surface area (Å²) in [6, 6.07) is 6.10. The van der Waals surface area contributed by atoms with Gasteiger partial charge in [0.1, 0.15) is 6.10 Å². The number of non-ortho nitro benzene ring substituents is 1. The van der Waals surface area contributed by atoms with E-state index < -0.39 is 16.4 Å². The number of carbonyl (C=O) groups is 2.